The van der Waals surface area contributed by atoms with Crippen molar-refractivity contribution in [1.29, 1.82) is 0 Å². The van der Waals surface area contributed by atoms with E-state index in [1.165, 1.54) is 7.11 Å². The SMILES string of the molecule is COC(=O)C1N[C@H]2CC[C@]1(N)[C@H]1C[C@@]21N. The second-order valence-electron chi connectivity index (χ2n) is 5.20. The first kappa shape index (κ1) is 9.57. The molecule has 2 heterocycles. The minimum absolute atomic E-state index is 0.155. The molecule has 4 aliphatic rings. The number of carbonyl (C=O) groups excluding carboxylic acids is 1. The van der Waals surface area contributed by atoms with Gasteiger partial charge in [-0.1, -0.05) is 0 Å². The van der Waals surface area contributed by atoms with E-state index in [9.17, 15) is 4.79 Å². The topological polar surface area (TPSA) is 90.4 Å². The monoisotopic (exact) mass is 211 g/mol. The highest BCUT2D eigenvalue weighted by Gasteiger charge is 2.73. The number of methoxy groups -OCH3 is 1. The third-order valence-corrected chi connectivity index (χ3v) is 4.55. The van der Waals surface area contributed by atoms with Crippen molar-refractivity contribution in [3.63, 3.8) is 0 Å². The third-order valence-electron chi connectivity index (χ3n) is 4.55. The molecule has 2 aliphatic carbocycles. The molecule has 5 nitrogen and oxygen atoms in total. The van der Waals surface area contributed by atoms with Crippen molar-refractivity contribution in [1.82, 2.24) is 5.32 Å². The molecule has 0 amide bonds. The molecule has 5 atom stereocenters. The average molecular weight is 211 g/mol. The fraction of sp³-hybridized carbons (Fsp3) is 0.900. The molecule has 4 fully saturated rings. The first-order chi connectivity index (χ1) is 7.02. The number of nitrogens with two attached hydrogens (primary N) is 2. The number of ether oxygens (including phenoxy) is 1. The lowest BCUT2D eigenvalue weighted by atomic mass is 9.68. The molecule has 2 aliphatic heterocycles. The van der Waals surface area contributed by atoms with E-state index in [1.54, 1.807) is 0 Å². The molecule has 0 aromatic rings. The molecule has 2 bridgehead atoms. The zero-order valence-corrected chi connectivity index (χ0v) is 8.82. The van der Waals surface area contributed by atoms with E-state index in [2.05, 4.69) is 5.32 Å². The Hall–Kier alpha value is -0.650. The maximum absolute atomic E-state index is 11.6. The minimum atomic E-state index is -0.489. The van der Waals surface area contributed by atoms with Crippen LogP contribution in [0.1, 0.15) is 19.3 Å². The normalized spacial score (nSPS) is 56.1. The van der Waals surface area contributed by atoms with Crippen molar-refractivity contribution in [3.05, 3.63) is 0 Å². The molecule has 0 spiro atoms. The first-order valence-corrected chi connectivity index (χ1v) is 5.44. The van der Waals surface area contributed by atoms with Crippen LogP contribution in [0.4, 0.5) is 0 Å². The van der Waals surface area contributed by atoms with Crippen molar-refractivity contribution < 1.29 is 9.53 Å². The van der Waals surface area contributed by atoms with Gasteiger partial charge >= 0.3 is 5.97 Å². The van der Waals surface area contributed by atoms with Gasteiger partial charge in [-0.2, -0.15) is 0 Å². The molecule has 0 radical (unpaired) electrons. The number of piperidine rings is 2. The third kappa shape index (κ3) is 0.959. The van der Waals surface area contributed by atoms with Crippen molar-refractivity contribution >= 4 is 5.97 Å². The van der Waals surface area contributed by atoms with Gasteiger partial charge in [-0.3, -0.25) is 10.1 Å². The van der Waals surface area contributed by atoms with Crippen LogP contribution in [0.15, 0.2) is 0 Å². The molecule has 0 aromatic carbocycles. The number of nitrogens with one attached hydrogen (secondary N) is 1. The highest BCUT2D eigenvalue weighted by Crippen LogP contribution is 2.59. The molecule has 84 valence electrons. The van der Waals surface area contributed by atoms with Crippen molar-refractivity contribution in [3.8, 4) is 0 Å². The first-order valence-electron chi connectivity index (χ1n) is 5.44. The minimum Gasteiger partial charge on any atom is -0.468 e. The van der Waals surface area contributed by atoms with Gasteiger partial charge in [0.1, 0.15) is 6.04 Å². The van der Waals surface area contributed by atoms with Gasteiger partial charge in [-0.15, -0.1) is 0 Å². The van der Waals surface area contributed by atoms with Crippen LogP contribution >= 0.6 is 0 Å². The van der Waals surface area contributed by atoms with Gasteiger partial charge in [0, 0.05) is 23.0 Å². The van der Waals surface area contributed by atoms with Crippen LogP contribution in [-0.4, -0.2) is 36.2 Å². The van der Waals surface area contributed by atoms with Crippen LogP contribution in [0.25, 0.3) is 0 Å². The number of rotatable bonds is 1. The Morgan fingerprint density at radius 1 is 1.47 bits per heavy atom. The number of hydrogen-bond donors (Lipinski definition) is 3. The van der Waals surface area contributed by atoms with E-state index in [-0.39, 0.29) is 29.5 Å². The van der Waals surface area contributed by atoms with E-state index in [0.29, 0.717) is 0 Å². The van der Waals surface area contributed by atoms with Crippen molar-refractivity contribution in [2.75, 3.05) is 7.11 Å². The molecule has 5 heteroatoms. The lowest BCUT2D eigenvalue weighted by Gasteiger charge is -2.51. The zero-order chi connectivity index (χ0) is 10.8. The summed E-state index contributed by atoms with van der Waals surface area (Å²) in [4.78, 5) is 11.6. The summed E-state index contributed by atoms with van der Waals surface area (Å²) >= 11 is 0. The highest BCUT2D eigenvalue weighted by molar-refractivity contribution is 5.79. The van der Waals surface area contributed by atoms with Gasteiger partial charge in [-0.05, 0) is 19.3 Å². The van der Waals surface area contributed by atoms with E-state index in [1.807, 2.05) is 0 Å². The maximum Gasteiger partial charge on any atom is 0.324 e. The molecular weight excluding hydrogens is 194 g/mol. The second kappa shape index (κ2) is 2.53. The molecule has 0 aromatic heterocycles. The van der Waals surface area contributed by atoms with E-state index in [0.717, 1.165) is 19.3 Å². The number of hydrogen-bond acceptors (Lipinski definition) is 5. The van der Waals surface area contributed by atoms with E-state index >= 15 is 0 Å². The van der Waals surface area contributed by atoms with Gasteiger partial charge in [0.2, 0.25) is 0 Å². The largest absolute Gasteiger partial charge is 0.468 e. The summed E-state index contributed by atoms with van der Waals surface area (Å²) < 4.78 is 4.79. The Morgan fingerprint density at radius 2 is 2.20 bits per heavy atom. The Bertz CT molecular complexity index is 335. The summed E-state index contributed by atoms with van der Waals surface area (Å²) in [6.45, 7) is 0. The average Bonchev–Trinajstić information content (AvgIpc) is 2.93. The molecule has 2 saturated carbocycles. The van der Waals surface area contributed by atoms with Gasteiger partial charge in [0.15, 0.2) is 0 Å². The summed E-state index contributed by atoms with van der Waals surface area (Å²) in [5.74, 6) is 0.0326. The molecule has 15 heavy (non-hydrogen) atoms. The zero-order valence-electron chi connectivity index (χ0n) is 8.82. The Morgan fingerprint density at radius 3 is 2.87 bits per heavy atom. The predicted molar refractivity (Wildman–Crippen MR) is 53.9 cm³/mol. The highest BCUT2D eigenvalue weighted by atomic mass is 16.5. The van der Waals surface area contributed by atoms with Gasteiger partial charge in [0.25, 0.3) is 0 Å². The fourth-order valence-electron chi connectivity index (χ4n) is 3.55. The van der Waals surface area contributed by atoms with Crippen LogP contribution in [-0.2, 0) is 9.53 Å². The summed E-state index contributed by atoms with van der Waals surface area (Å²) in [5, 5.41) is 3.25. The smallest absolute Gasteiger partial charge is 0.324 e. The maximum atomic E-state index is 11.6. The second-order valence-corrected chi connectivity index (χ2v) is 5.20. The lowest BCUT2D eigenvalue weighted by Crippen LogP contribution is -2.76. The number of fused-ring (bicyclic) bond motifs is 2. The van der Waals surface area contributed by atoms with Gasteiger partial charge < -0.3 is 16.2 Å². The molecule has 2 saturated heterocycles. The Kier molecular flexibility index (Phi) is 1.62. The van der Waals surface area contributed by atoms with Crippen LogP contribution in [0.5, 0.6) is 0 Å². The van der Waals surface area contributed by atoms with E-state index < -0.39 is 5.54 Å². The predicted octanol–water partition coefficient (Wildman–Crippen LogP) is -1.29. The van der Waals surface area contributed by atoms with E-state index in [4.69, 9.17) is 16.2 Å². The van der Waals surface area contributed by atoms with Crippen molar-refractivity contribution in [2.45, 2.75) is 42.4 Å². The molecular formula is C10H17N3O2. The number of carbonyl (C=O) groups is 1. The summed E-state index contributed by atoms with van der Waals surface area (Å²) in [5.41, 5.74) is 11.9. The fourth-order valence-corrected chi connectivity index (χ4v) is 3.55. The standard InChI is InChI=1S/C10H17N3O2/c1-15-8(14)7-9(11)3-2-6(13-7)10(12)4-5(9)10/h5-7,13H,2-4,11-12H2,1H3/t5-,6+,7?,9+,10+/m1/s1. The summed E-state index contributed by atoms with van der Waals surface area (Å²) in [6, 6.07) is -0.137. The van der Waals surface area contributed by atoms with Crippen LogP contribution in [0.3, 0.4) is 0 Å². The van der Waals surface area contributed by atoms with Crippen LogP contribution in [0.2, 0.25) is 0 Å². The lowest BCUT2D eigenvalue weighted by molar-refractivity contribution is -0.148. The van der Waals surface area contributed by atoms with Gasteiger partial charge in [0.05, 0.1) is 7.11 Å². The summed E-state index contributed by atoms with van der Waals surface area (Å²) in [6.07, 6.45) is 2.78. The summed E-state index contributed by atoms with van der Waals surface area (Å²) in [7, 11) is 1.40. The van der Waals surface area contributed by atoms with Gasteiger partial charge in [-0.25, -0.2) is 0 Å². The molecule has 5 N–H and O–H groups in total. The Labute approximate surface area is 88.5 Å². The quantitative estimate of drug-likeness (QED) is 0.469. The van der Waals surface area contributed by atoms with Crippen LogP contribution in [0, 0.1) is 5.92 Å². The molecule has 1 unspecified atom stereocenters. The molecule has 4 rings (SSSR count). The number of esters is 1. The van der Waals surface area contributed by atoms with Crippen molar-refractivity contribution in [2.24, 2.45) is 17.4 Å². The Balaban J connectivity index is 1.94. The van der Waals surface area contributed by atoms with Crippen LogP contribution < -0.4 is 16.8 Å².